The Morgan fingerprint density at radius 1 is 0.967 bits per heavy atom. The molecule has 6 nitrogen and oxygen atoms in total. The largest absolute Gasteiger partial charge is 0.481 e. The number of aliphatic carboxylic acids is 2. The van der Waals surface area contributed by atoms with Crippen LogP contribution >= 0.6 is 11.8 Å². The summed E-state index contributed by atoms with van der Waals surface area (Å²) in [6.45, 7) is 2.20. The zero-order chi connectivity index (χ0) is 22.6. The van der Waals surface area contributed by atoms with Crippen molar-refractivity contribution in [2.45, 2.75) is 88.5 Å². The minimum Gasteiger partial charge on any atom is -0.481 e. The Morgan fingerprint density at radius 3 is 2.27 bits per heavy atom. The van der Waals surface area contributed by atoms with Crippen molar-refractivity contribution in [2.75, 3.05) is 5.75 Å². The van der Waals surface area contributed by atoms with Gasteiger partial charge in [-0.15, -0.1) is 11.8 Å². The summed E-state index contributed by atoms with van der Waals surface area (Å²) in [4.78, 5) is 21.5. The number of carboxylic acid groups (broad SMARTS) is 2. The molecule has 0 heterocycles. The Hall–Kier alpha value is -1.57. The smallest absolute Gasteiger partial charge is 0.321 e. The Kier molecular flexibility index (Phi) is 18.4. The normalized spacial score (nSPS) is 15.2. The summed E-state index contributed by atoms with van der Waals surface area (Å²) in [5.41, 5.74) is 5.55. The first-order valence-electron chi connectivity index (χ1n) is 10.8. The highest BCUT2D eigenvalue weighted by atomic mass is 32.2. The van der Waals surface area contributed by atoms with Gasteiger partial charge in [0.15, 0.2) is 0 Å². The van der Waals surface area contributed by atoms with Crippen molar-refractivity contribution in [2.24, 2.45) is 5.73 Å². The molecule has 30 heavy (non-hydrogen) atoms. The second-order valence-electron chi connectivity index (χ2n) is 7.28. The van der Waals surface area contributed by atoms with E-state index < -0.39 is 24.1 Å². The fourth-order valence-corrected chi connectivity index (χ4v) is 3.80. The third-order valence-electron chi connectivity index (χ3n) is 4.46. The molecule has 3 atom stereocenters. The number of nitrogens with two attached hydrogens (primary N) is 1. The average molecular weight is 442 g/mol. The third-order valence-corrected chi connectivity index (χ3v) is 5.87. The van der Waals surface area contributed by atoms with Crippen LogP contribution in [0.2, 0.25) is 0 Å². The Balaban J connectivity index is 4.34. The molecule has 0 saturated heterocycles. The number of hydrogen-bond acceptors (Lipinski definition) is 5. The number of aliphatic hydroxyl groups excluding tert-OH is 1. The van der Waals surface area contributed by atoms with E-state index in [0.717, 1.165) is 25.7 Å². The van der Waals surface area contributed by atoms with Crippen LogP contribution in [0.25, 0.3) is 0 Å². The SMILES string of the molecule is CCCCC/C=C\C/C=C\CC/C=C/[C@@H](SC[C@H](N)C(=O)O)[C@@H](O)CCCC(=O)O. The molecule has 0 aliphatic carbocycles. The predicted octanol–water partition coefficient (Wildman–Crippen LogP) is 4.54. The number of aliphatic hydroxyl groups is 1. The molecule has 0 fully saturated rings. The molecule has 0 spiro atoms. The Bertz CT molecular complexity index is 548. The maximum absolute atomic E-state index is 10.9. The molecule has 0 saturated carbocycles. The lowest BCUT2D eigenvalue weighted by atomic mass is 10.1. The summed E-state index contributed by atoms with van der Waals surface area (Å²) in [5, 5.41) is 27.7. The molecule has 0 amide bonds. The highest BCUT2D eigenvalue weighted by molar-refractivity contribution is 8.00. The molecule has 0 aromatic carbocycles. The zero-order valence-corrected chi connectivity index (χ0v) is 18.9. The van der Waals surface area contributed by atoms with E-state index in [9.17, 15) is 14.7 Å². The van der Waals surface area contributed by atoms with Crippen molar-refractivity contribution in [1.82, 2.24) is 0 Å². The van der Waals surface area contributed by atoms with Crippen molar-refractivity contribution < 1.29 is 24.9 Å². The Morgan fingerprint density at radius 2 is 1.63 bits per heavy atom. The van der Waals surface area contributed by atoms with Crippen LogP contribution in [0.5, 0.6) is 0 Å². The van der Waals surface area contributed by atoms with E-state index in [1.165, 1.54) is 31.0 Å². The average Bonchev–Trinajstić information content (AvgIpc) is 2.70. The second-order valence-corrected chi connectivity index (χ2v) is 8.49. The van der Waals surface area contributed by atoms with E-state index in [0.29, 0.717) is 12.8 Å². The first-order valence-corrected chi connectivity index (χ1v) is 11.9. The number of thioether (sulfide) groups is 1. The van der Waals surface area contributed by atoms with Crippen LogP contribution in [0.1, 0.15) is 71.1 Å². The topological polar surface area (TPSA) is 121 Å². The zero-order valence-electron chi connectivity index (χ0n) is 18.1. The maximum Gasteiger partial charge on any atom is 0.321 e. The lowest BCUT2D eigenvalue weighted by Crippen LogP contribution is -2.34. The van der Waals surface area contributed by atoms with Crippen molar-refractivity contribution >= 4 is 23.7 Å². The van der Waals surface area contributed by atoms with Gasteiger partial charge in [-0.1, -0.05) is 56.2 Å². The first-order chi connectivity index (χ1) is 14.4. The van der Waals surface area contributed by atoms with Crippen molar-refractivity contribution in [3.8, 4) is 0 Å². The lowest BCUT2D eigenvalue weighted by molar-refractivity contribution is -0.138. The summed E-state index contributed by atoms with van der Waals surface area (Å²) in [7, 11) is 0. The van der Waals surface area contributed by atoms with Gasteiger partial charge in [-0.05, 0) is 44.9 Å². The molecule has 0 aliphatic heterocycles. The van der Waals surface area contributed by atoms with Crippen LogP contribution < -0.4 is 5.73 Å². The highest BCUT2D eigenvalue weighted by Gasteiger charge is 2.20. The number of hydrogen-bond donors (Lipinski definition) is 4. The number of rotatable bonds is 19. The van der Waals surface area contributed by atoms with E-state index in [-0.39, 0.29) is 17.4 Å². The molecule has 5 N–H and O–H groups in total. The van der Waals surface area contributed by atoms with Gasteiger partial charge in [-0.2, -0.15) is 0 Å². The van der Waals surface area contributed by atoms with Crippen LogP contribution in [0.4, 0.5) is 0 Å². The predicted molar refractivity (Wildman–Crippen MR) is 125 cm³/mol. The molecule has 0 aromatic heterocycles. The first kappa shape index (κ1) is 28.4. The van der Waals surface area contributed by atoms with Crippen molar-refractivity contribution in [1.29, 1.82) is 0 Å². The fourth-order valence-electron chi connectivity index (χ4n) is 2.65. The summed E-state index contributed by atoms with van der Waals surface area (Å²) in [5.74, 6) is -1.78. The molecule has 0 unspecified atom stereocenters. The molecular weight excluding hydrogens is 402 g/mol. The van der Waals surface area contributed by atoms with Crippen LogP contribution in [-0.2, 0) is 9.59 Å². The van der Waals surface area contributed by atoms with E-state index in [2.05, 4.69) is 31.2 Å². The molecule has 0 rings (SSSR count). The maximum atomic E-state index is 10.9. The third kappa shape index (κ3) is 17.3. The highest BCUT2D eigenvalue weighted by Crippen LogP contribution is 2.21. The van der Waals surface area contributed by atoms with Gasteiger partial charge in [-0.25, -0.2) is 0 Å². The molecule has 172 valence electrons. The van der Waals surface area contributed by atoms with Gasteiger partial charge in [0.2, 0.25) is 0 Å². The van der Waals surface area contributed by atoms with Gasteiger partial charge in [0.1, 0.15) is 6.04 Å². The lowest BCUT2D eigenvalue weighted by Gasteiger charge is -2.20. The second kappa shape index (κ2) is 19.4. The summed E-state index contributed by atoms with van der Waals surface area (Å²) >= 11 is 1.29. The molecule has 0 aromatic rings. The summed E-state index contributed by atoms with van der Waals surface area (Å²) < 4.78 is 0. The monoisotopic (exact) mass is 441 g/mol. The van der Waals surface area contributed by atoms with Crippen LogP contribution in [0, 0.1) is 0 Å². The van der Waals surface area contributed by atoms with Gasteiger partial charge < -0.3 is 21.1 Å². The van der Waals surface area contributed by atoms with Crippen molar-refractivity contribution in [3.05, 3.63) is 36.5 Å². The number of allylic oxidation sites excluding steroid dienone is 5. The van der Waals surface area contributed by atoms with E-state index in [1.54, 1.807) is 0 Å². The number of unbranched alkanes of at least 4 members (excludes halogenated alkanes) is 4. The summed E-state index contributed by atoms with van der Waals surface area (Å²) in [6.07, 6.45) is 20.1. The standard InChI is InChI=1S/C23H39NO5S/c1-2-3-4-5-6-7-8-9-10-11-12-13-16-21(30-18-19(24)23(28)29)20(25)15-14-17-22(26)27/h6-7,9-10,13,16,19-21,25H,2-5,8,11-12,14-15,17-18,24H2,1H3,(H,26,27)(H,28,29)/b7-6-,10-9-,16-13+/t19-,20-,21+/m0/s1. The molecule has 7 heteroatoms. The number of carbonyl (C=O) groups is 2. The van der Waals surface area contributed by atoms with Gasteiger partial charge in [0.05, 0.1) is 6.10 Å². The molecule has 0 aliphatic rings. The molecular formula is C23H39NO5S. The van der Waals surface area contributed by atoms with Crippen LogP contribution in [-0.4, -0.2) is 50.4 Å². The minimum absolute atomic E-state index is 0.00461. The molecule has 0 radical (unpaired) electrons. The van der Waals surface area contributed by atoms with Crippen LogP contribution in [0.15, 0.2) is 36.5 Å². The van der Waals surface area contributed by atoms with Gasteiger partial charge in [-0.3, -0.25) is 9.59 Å². The fraction of sp³-hybridized carbons (Fsp3) is 0.652. The van der Waals surface area contributed by atoms with E-state index >= 15 is 0 Å². The molecule has 0 bridgehead atoms. The summed E-state index contributed by atoms with van der Waals surface area (Å²) in [6, 6.07) is -0.991. The van der Waals surface area contributed by atoms with Gasteiger partial charge in [0.25, 0.3) is 0 Å². The minimum atomic E-state index is -1.07. The van der Waals surface area contributed by atoms with Crippen molar-refractivity contribution in [3.63, 3.8) is 0 Å². The quantitative estimate of drug-likeness (QED) is 0.172. The van der Waals surface area contributed by atoms with Crippen LogP contribution in [0.3, 0.4) is 0 Å². The van der Waals surface area contributed by atoms with Gasteiger partial charge >= 0.3 is 11.9 Å². The van der Waals surface area contributed by atoms with E-state index in [4.69, 9.17) is 15.9 Å². The number of carboxylic acids is 2. The Labute approximate surface area is 185 Å². The van der Waals surface area contributed by atoms with Gasteiger partial charge in [0, 0.05) is 17.4 Å². The van der Waals surface area contributed by atoms with E-state index in [1.807, 2.05) is 12.2 Å².